The number of hydrogen-bond donors (Lipinski definition) is 1. The maximum absolute atomic E-state index is 14.8. The van der Waals surface area contributed by atoms with E-state index < -0.39 is 24.0 Å². The number of rotatable bonds is 5. The van der Waals surface area contributed by atoms with E-state index >= 15 is 0 Å². The summed E-state index contributed by atoms with van der Waals surface area (Å²) in [6.45, 7) is 4.84. The van der Waals surface area contributed by atoms with Crippen molar-refractivity contribution in [3.8, 4) is 22.4 Å². The fraction of sp³-hybridized carbons (Fsp3) is 0.276. The van der Waals surface area contributed by atoms with E-state index in [1.165, 1.54) is 11.0 Å². The maximum atomic E-state index is 14.8. The standard InChI is InChI=1S/C29H26ClF3N4O2/c1-16(2)17-7-3-4-8-18(17)23-25-20(15-21(30)24(34-25)19-9-5-6-10-22(19)31)28(35-26(23)27(32)33)36-11-13-37(14-12-36)29(38)39/h3-10,15-16,27H,11-14H2,1-2H3,(H,38,39). The molecule has 10 heteroatoms. The Morgan fingerprint density at radius 1 is 0.974 bits per heavy atom. The molecule has 3 heterocycles. The molecule has 2 aromatic carbocycles. The predicted octanol–water partition coefficient (Wildman–Crippen LogP) is 7.62. The number of fused-ring (bicyclic) bond motifs is 1. The van der Waals surface area contributed by atoms with E-state index in [1.54, 1.807) is 41.3 Å². The second-order valence-corrected chi connectivity index (χ2v) is 10.1. The van der Waals surface area contributed by atoms with E-state index in [0.29, 0.717) is 10.9 Å². The molecular formula is C29H26ClF3N4O2. The van der Waals surface area contributed by atoms with Crippen LogP contribution in [0.2, 0.25) is 5.02 Å². The lowest BCUT2D eigenvalue weighted by Gasteiger charge is -2.35. The highest BCUT2D eigenvalue weighted by Gasteiger charge is 2.30. The zero-order valence-corrected chi connectivity index (χ0v) is 22.1. The molecule has 4 aromatic rings. The fourth-order valence-electron chi connectivity index (χ4n) is 5.05. The lowest BCUT2D eigenvalue weighted by molar-refractivity contribution is 0.142. The number of carboxylic acid groups (broad SMARTS) is 1. The third-order valence-corrected chi connectivity index (χ3v) is 7.26. The van der Waals surface area contributed by atoms with Gasteiger partial charge in [0.15, 0.2) is 0 Å². The van der Waals surface area contributed by atoms with E-state index in [2.05, 4.69) is 4.98 Å². The van der Waals surface area contributed by atoms with Crippen LogP contribution in [-0.2, 0) is 0 Å². The van der Waals surface area contributed by atoms with Crippen LogP contribution in [0.3, 0.4) is 0 Å². The molecule has 0 unspecified atom stereocenters. The van der Waals surface area contributed by atoms with Crippen LogP contribution in [0.5, 0.6) is 0 Å². The topological polar surface area (TPSA) is 69.6 Å². The molecule has 0 spiro atoms. The Morgan fingerprint density at radius 2 is 1.62 bits per heavy atom. The Morgan fingerprint density at radius 3 is 2.23 bits per heavy atom. The molecule has 0 saturated carbocycles. The van der Waals surface area contributed by atoms with Gasteiger partial charge in [0.2, 0.25) is 0 Å². The van der Waals surface area contributed by atoms with Crippen LogP contribution in [0.4, 0.5) is 23.8 Å². The fourth-order valence-corrected chi connectivity index (χ4v) is 5.30. The quantitative estimate of drug-likeness (QED) is 0.275. The zero-order chi connectivity index (χ0) is 27.8. The molecule has 2 aromatic heterocycles. The predicted molar refractivity (Wildman–Crippen MR) is 146 cm³/mol. The van der Waals surface area contributed by atoms with Gasteiger partial charge >= 0.3 is 6.09 Å². The summed E-state index contributed by atoms with van der Waals surface area (Å²) in [6.07, 6.45) is -3.97. The summed E-state index contributed by atoms with van der Waals surface area (Å²) in [5.74, 6) is -0.280. The van der Waals surface area contributed by atoms with E-state index in [1.807, 2.05) is 26.0 Å². The van der Waals surface area contributed by atoms with Crippen LogP contribution >= 0.6 is 11.6 Å². The molecule has 0 aliphatic carbocycles. The summed E-state index contributed by atoms with van der Waals surface area (Å²) in [6, 6.07) is 14.9. The van der Waals surface area contributed by atoms with E-state index in [0.717, 1.165) is 5.56 Å². The number of alkyl halides is 2. The molecule has 39 heavy (non-hydrogen) atoms. The van der Waals surface area contributed by atoms with Gasteiger partial charge < -0.3 is 14.9 Å². The molecule has 1 aliphatic rings. The van der Waals surface area contributed by atoms with Gasteiger partial charge in [0.25, 0.3) is 6.43 Å². The van der Waals surface area contributed by atoms with Gasteiger partial charge in [-0.05, 0) is 35.2 Å². The van der Waals surface area contributed by atoms with Crippen molar-refractivity contribution in [3.05, 3.63) is 76.7 Å². The van der Waals surface area contributed by atoms with Crippen LogP contribution < -0.4 is 4.90 Å². The summed E-state index contributed by atoms with van der Waals surface area (Å²) in [5.41, 5.74) is 1.66. The van der Waals surface area contributed by atoms with E-state index in [-0.39, 0.29) is 65.3 Å². The third-order valence-electron chi connectivity index (χ3n) is 6.97. The first-order valence-corrected chi connectivity index (χ1v) is 12.9. The lowest BCUT2D eigenvalue weighted by Crippen LogP contribution is -2.48. The zero-order valence-electron chi connectivity index (χ0n) is 21.3. The van der Waals surface area contributed by atoms with E-state index in [9.17, 15) is 23.1 Å². The van der Waals surface area contributed by atoms with Gasteiger partial charge in [-0.25, -0.2) is 27.9 Å². The third kappa shape index (κ3) is 4.98. The van der Waals surface area contributed by atoms with Gasteiger partial charge in [-0.2, -0.15) is 0 Å². The molecule has 202 valence electrons. The number of aromatic nitrogens is 2. The molecule has 1 saturated heterocycles. The Kier molecular flexibility index (Phi) is 7.36. The second-order valence-electron chi connectivity index (χ2n) is 9.69. The van der Waals surface area contributed by atoms with Crippen molar-refractivity contribution < 1.29 is 23.1 Å². The molecular weight excluding hydrogens is 529 g/mol. The lowest BCUT2D eigenvalue weighted by atomic mass is 9.90. The van der Waals surface area contributed by atoms with Crippen molar-refractivity contribution >= 4 is 34.4 Å². The summed E-state index contributed by atoms with van der Waals surface area (Å²) < 4.78 is 44.4. The van der Waals surface area contributed by atoms with Crippen molar-refractivity contribution in [3.63, 3.8) is 0 Å². The highest BCUT2D eigenvalue weighted by atomic mass is 35.5. The molecule has 0 radical (unpaired) electrons. The molecule has 1 aliphatic heterocycles. The minimum atomic E-state index is -2.93. The van der Waals surface area contributed by atoms with Crippen LogP contribution in [0.15, 0.2) is 54.6 Å². The number of piperazine rings is 1. The van der Waals surface area contributed by atoms with Gasteiger partial charge in [0.1, 0.15) is 17.3 Å². The van der Waals surface area contributed by atoms with Gasteiger partial charge in [-0.1, -0.05) is 61.8 Å². The summed E-state index contributed by atoms with van der Waals surface area (Å²) >= 11 is 6.66. The smallest absolute Gasteiger partial charge is 0.407 e. The average Bonchev–Trinajstić information content (AvgIpc) is 2.92. The molecule has 0 atom stereocenters. The molecule has 1 fully saturated rings. The van der Waals surface area contributed by atoms with Crippen LogP contribution in [0.25, 0.3) is 33.3 Å². The maximum Gasteiger partial charge on any atom is 0.407 e. The largest absolute Gasteiger partial charge is 0.465 e. The molecule has 6 nitrogen and oxygen atoms in total. The first-order valence-electron chi connectivity index (χ1n) is 12.6. The average molecular weight is 555 g/mol. The highest BCUT2D eigenvalue weighted by Crippen LogP contribution is 2.44. The number of anilines is 1. The van der Waals surface area contributed by atoms with Gasteiger partial charge in [0, 0.05) is 42.7 Å². The Hall–Kier alpha value is -3.85. The van der Waals surface area contributed by atoms with Crippen molar-refractivity contribution in [2.24, 2.45) is 0 Å². The van der Waals surface area contributed by atoms with Crippen LogP contribution in [-0.4, -0.2) is 52.2 Å². The number of amides is 1. The number of carbonyl (C=O) groups is 1. The first-order chi connectivity index (χ1) is 18.7. The summed E-state index contributed by atoms with van der Waals surface area (Å²) in [5, 5.41) is 9.93. The van der Waals surface area contributed by atoms with Crippen LogP contribution in [0.1, 0.15) is 37.4 Å². The normalized spacial score (nSPS) is 14.1. The first kappa shape index (κ1) is 26.7. The van der Waals surface area contributed by atoms with E-state index in [4.69, 9.17) is 16.6 Å². The monoisotopic (exact) mass is 554 g/mol. The highest BCUT2D eigenvalue weighted by molar-refractivity contribution is 6.34. The summed E-state index contributed by atoms with van der Waals surface area (Å²) in [4.78, 5) is 23.7. The van der Waals surface area contributed by atoms with Gasteiger partial charge in [0.05, 0.1) is 16.2 Å². The number of pyridine rings is 2. The minimum Gasteiger partial charge on any atom is -0.465 e. The minimum absolute atomic E-state index is 0.0175. The second kappa shape index (κ2) is 10.7. The molecule has 1 amide bonds. The van der Waals surface area contributed by atoms with Crippen molar-refractivity contribution in [2.75, 3.05) is 31.1 Å². The Balaban J connectivity index is 1.84. The number of halogens is 4. The molecule has 5 rings (SSSR count). The SMILES string of the molecule is CC(C)c1ccccc1-c1c(C(F)F)nc(N2CCN(C(=O)O)CC2)c2cc(Cl)c(-c3ccccc3F)nc12. The van der Waals surface area contributed by atoms with Crippen LogP contribution in [0, 0.1) is 5.82 Å². The van der Waals surface area contributed by atoms with Gasteiger partial charge in [-0.15, -0.1) is 0 Å². The van der Waals surface area contributed by atoms with Gasteiger partial charge in [-0.3, -0.25) is 0 Å². The number of hydrogen-bond acceptors (Lipinski definition) is 4. The summed E-state index contributed by atoms with van der Waals surface area (Å²) in [7, 11) is 0. The van der Waals surface area contributed by atoms with Crippen molar-refractivity contribution in [1.29, 1.82) is 0 Å². The molecule has 1 N–H and O–H groups in total. The Labute approximate surface area is 228 Å². The van der Waals surface area contributed by atoms with Crippen molar-refractivity contribution in [1.82, 2.24) is 14.9 Å². The number of nitrogens with zero attached hydrogens (tertiary/aromatic N) is 4. The van der Waals surface area contributed by atoms with Crippen molar-refractivity contribution in [2.45, 2.75) is 26.2 Å². The molecule has 0 bridgehead atoms. The number of benzene rings is 2. The Bertz CT molecular complexity index is 1560.